The first-order chi connectivity index (χ1) is 11.3. The lowest BCUT2D eigenvalue weighted by Crippen LogP contribution is -2.20. The van der Waals surface area contributed by atoms with Crippen molar-refractivity contribution in [2.24, 2.45) is 0 Å². The van der Waals surface area contributed by atoms with Crippen LogP contribution < -0.4 is 9.47 Å². The highest BCUT2D eigenvalue weighted by Crippen LogP contribution is 2.36. The summed E-state index contributed by atoms with van der Waals surface area (Å²) in [4.78, 5) is 12.1. The molecule has 126 valence electrons. The van der Waals surface area contributed by atoms with E-state index in [1.54, 1.807) is 7.11 Å². The van der Waals surface area contributed by atoms with Crippen LogP contribution in [0, 0.1) is 0 Å². The number of hydrogen-bond acceptors (Lipinski definition) is 3. The minimum Gasteiger partial charge on any atom is -0.493 e. The molecule has 3 heteroatoms. The zero-order chi connectivity index (χ0) is 16.5. The molecule has 0 aromatic heterocycles. The van der Waals surface area contributed by atoms with Crippen molar-refractivity contribution in [2.75, 3.05) is 7.11 Å². The average molecular weight is 316 g/mol. The van der Waals surface area contributed by atoms with Gasteiger partial charge in [-0.25, -0.2) is 4.79 Å². The summed E-state index contributed by atoms with van der Waals surface area (Å²) in [6.45, 7) is 2.24. The monoisotopic (exact) mass is 316 g/mol. The maximum absolute atomic E-state index is 12.1. The van der Waals surface area contributed by atoms with Crippen molar-refractivity contribution in [3.05, 3.63) is 35.4 Å². The minimum absolute atomic E-state index is 0.232. The van der Waals surface area contributed by atoms with E-state index in [9.17, 15) is 4.79 Å². The summed E-state index contributed by atoms with van der Waals surface area (Å²) in [6, 6.07) is 5.75. The Morgan fingerprint density at radius 2 is 1.87 bits per heavy atom. The van der Waals surface area contributed by atoms with Crippen LogP contribution >= 0.6 is 0 Å². The quantitative estimate of drug-likeness (QED) is 0.271. The van der Waals surface area contributed by atoms with Gasteiger partial charge in [0.25, 0.3) is 0 Å². The molecule has 0 aliphatic carbocycles. The number of methoxy groups -OCH3 is 1. The van der Waals surface area contributed by atoms with Gasteiger partial charge in [-0.05, 0) is 18.9 Å². The Kier molecular flexibility index (Phi) is 7.18. The smallest absolute Gasteiger partial charge is 0.339 e. The molecule has 0 saturated carbocycles. The van der Waals surface area contributed by atoms with E-state index in [1.807, 2.05) is 18.2 Å². The maximum Gasteiger partial charge on any atom is 0.339 e. The molecule has 0 saturated heterocycles. The Morgan fingerprint density at radius 1 is 1.13 bits per heavy atom. The van der Waals surface area contributed by atoms with Gasteiger partial charge in [-0.2, -0.15) is 0 Å². The Labute approximate surface area is 139 Å². The highest BCUT2D eigenvalue weighted by Gasteiger charge is 2.24. The molecule has 0 fully saturated rings. The van der Waals surface area contributed by atoms with Crippen LogP contribution in [0.25, 0.3) is 0 Å². The van der Waals surface area contributed by atoms with Gasteiger partial charge in [-0.3, -0.25) is 0 Å². The number of rotatable bonds is 9. The third kappa shape index (κ3) is 5.12. The highest BCUT2D eigenvalue weighted by molar-refractivity contribution is 5.93. The molecule has 2 rings (SSSR count). The molecule has 0 unspecified atom stereocenters. The van der Waals surface area contributed by atoms with Gasteiger partial charge in [0.15, 0.2) is 11.5 Å². The Hall–Kier alpha value is -1.77. The van der Waals surface area contributed by atoms with Crippen molar-refractivity contribution in [2.45, 2.75) is 64.7 Å². The van der Waals surface area contributed by atoms with Gasteiger partial charge in [0.05, 0.1) is 7.11 Å². The summed E-state index contributed by atoms with van der Waals surface area (Å²) in [7, 11) is 1.59. The zero-order valence-corrected chi connectivity index (χ0v) is 14.4. The first kappa shape index (κ1) is 17.6. The van der Waals surface area contributed by atoms with Crippen molar-refractivity contribution in [1.29, 1.82) is 0 Å². The summed E-state index contributed by atoms with van der Waals surface area (Å²) in [5.41, 5.74) is 1.80. The number of unbranched alkanes of at least 4 members (excludes halogenated alkanes) is 7. The molecule has 0 spiro atoms. The van der Waals surface area contributed by atoms with E-state index in [4.69, 9.17) is 9.47 Å². The molecule has 23 heavy (non-hydrogen) atoms. The molecule has 1 aliphatic rings. The van der Waals surface area contributed by atoms with E-state index in [-0.39, 0.29) is 5.97 Å². The highest BCUT2D eigenvalue weighted by atomic mass is 16.6. The standard InChI is InChI=1S/C20H28O3/c1-3-4-5-6-7-8-9-10-12-17-15-16-13-11-14-18(22-2)19(16)23-20(17)21/h11-14H,3-10,15H2,1-2H3/b17-12-. The summed E-state index contributed by atoms with van der Waals surface area (Å²) in [6.07, 6.45) is 12.7. The van der Waals surface area contributed by atoms with Crippen molar-refractivity contribution >= 4 is 5.97 Å². The van der Waals surface area contributed by atoms with Crippen molar-refractivity contribution in [1.82, 2.24) is 0 Å². The Balaban J connectivity index is 1.81. The minimum atomic E-state index is -0.232. The lowest BCUT2D eigenvalue weighted by molar-refractivity contribution is -0.131. The zero-order valence-electron chi connectivity index (χ0n) is 14.4. The number of carbonyl (C=O) groups excluding carboxylic acids is 1. The molecule has 0 N–H and O–H groups in total. The lowest BCUT2D eigenvalue weighted by atomic mass is 9.99. The number of esters is 1. The molecule has 3 nitrogen and oxygen atoms in total. The molecule has 0 radical (unpaired) electrons. The lowest BCUT2D eigenvalue weighted by Gasteiger charge is -2.20. The summed E-state index contributed by atoms with van der Waals surface area (Å²) >= 11 is 0. The Bertz CT molecular complexity index is 546. The summed E-state index contributed by atoms with van der Waals surface area (Å²) < 4.78 is 10.7. The molecule has 1 aliphatic heterocycles. The first-order valence-electron chi connectivity index (χ1n) is 8.83. The number of benzene rings is 1. The van der Waals surface area contributed by atoms with Crippen molar-refractivity contribution in [3.8, 4) is 11.5 Å². The molecule has 0 amide bonds. The largest absolute Gasteiger partial charge is 0.493 e. The molecule has 1 aromatic rings. The van der Waals surface area contributed by atoms with Crippen LogP contribution in [0.3, 0.4) is 0 Å². The fourth-order valence-electron chi connectivity index (χ4n) is 2.95. The Morgan fingerprint density at radius 3 is 2.61 bits per heavy atom. The van der Waals surface area contributed by atoms with Gasteiger partial charge in [0.2, 0.25) is 0 Å². The third-order valence-electron chi connectivity index (χ3n) is 4.32. The average Bonchev–Trinajstić information content (AvgIpc) is 2.57. The van der Waals surface area contributed by atoms with Crippen LogP contribution in [-0.2, 0) is 11.2 Å². The van der Waals surface area contributed by atoms with Gasteiger partial charge in [-0.15, -0.1) is 0 Å². The topological polar surface area (TPSA) is 35.5 Å². The number of fused-ring (bicyclic) bond motifs is 1. The van der Waals surface area contributed by atoms with Crippen LogP contribution in [0.5, 0.6) is 11.5 Å². The van der Waals surface area contributed by atoms with Crippen LogP contribution in [-0.4, -0.2) is 13.1 Å². The van der Waals surface area contributed by atoms with Gasteiger partial charge in [-0.1, -0.05) is 63.7 Å². The second-order valence-corrected chi connectivity index (χ2v) is 6.15. The predicted molar refractivity (Wildman–Crippen MR) is 93.0 cm³/mol. The van der Waals surface area contributed by atoms with Crippen LogP contribution in [0.1, 0.15) is 63.9 Å². The SMILES string of the molecule is CCCCCCCCC/C=C1/Cc2cccc(OC)c2OC1=O. The maximum atomic E-state index is 12.1. The normalized spacial score (nSPS) is 15.4. The molecule has 1 aromatic carbocycles. The number of allylic oxidation sites excluding steroid dienone is 1. The van der Waals surface area contributed by atoms with E-state index in [2.05, 4.69) is 13.0 Å². The number of ether oxygens (including phenoxy) is 2. The number of para-hydroxylation sites is 1. The number of hydrogen-bond donors (Lipinski definition) is 0. The first-order valence-corrected chi connectivity index (χ1v) is 8.83. The van der Waals surface area contributed by atoms with E-state index >= 15 is 0 Å². The fourth-order valence-corrected chi connectivity index (χ4v) is 2.95. The second-order valence-electron chi connectivity index (χ2n) is 6.15. The van der Waals surface area contributed by atoms with E-state index < -0.39 is 0 Å². The van der Waals surface area contributed by atoms with E-state index in [1.165, 1.54) is 38.5 Å². The van der Waals surface area contributed by atoms with Gasteiger partial charge < -0.3 is 9.47 Å². The fraction of sp³-hybridized carbons (Fsp3) is 0.550. The van der Waals surface area contributed by atoms with Crippen LogP contribution in [0.2, 0.25) is 0 Å². The summed E-state index contributed by atoms with van der Waals surface area (Å²) in [5.74, 6) is 0.972. The molecule has 0 bridgehead atoms. The van der Waals surface area contributed by atoms with Gasteiger partial charge >= 0.3 is 5.97 Å². The van der Waals surface area contributed by atoms with Gasteiger partial charge in [0.1, 0.15) is 0 Å². The van der Waals surface area contributed by atoms with Gasteiger partial charge in [0, 0.05) is 17.6 Å². The third-order valence-corrected chi connectivity index (χ3v) is 4.32. The summed E-state index contributed by atoms with van der Waals surface area (Å²) in [5, 5.41) is 0. The molecular weight excluding hydrogens is 288 g/mol. The molecular formula is C20H28O3. The van der Waals surface area contributed by atoms with E-state index in [0.29, 0.717) is 17.9 Å². The van der Waals surface area contributed by atoms with Crippen LogP contribution in [0.4, 0.5) is 0 Å². The second kappa shape index (κ2) is 9.39. The van der Waals surface area contributed by atoms with Crippen molar-refractivity contribution in [3.63, 3.8) is 0 Å². The van der Waals surface area contributed by atoms with Crippen molar-refractivity contribution < 1.29 is 14.3 Å². The van der Waals surface area contributed by atoms with Crippen LogP contribution in [0.15, 0.2) is 29.8 Å². The van der Waals surface area contributed by atoms with E-state index in [0.717, 1.165) is 24.0 Å². The molecule has 1 heterocycles. The predicted octanol–water partition coefficient (Wildman–Crippen LogP) is 5.22. The molecule has 0 atom stereocenters. The number of carbonyl (C=O) groups is 1.